The first-order valence-electron chi connectivity index (χ1n) is 2.29. The highest BCUT2D eigenvalue weighted by Crippen LogP contribution is 2.02. The molecule has 42 valence electrons. The summed E-state index contributed by atoms with van der Waals surface area (Å²) in [6, 6.07) is 0. The summed E-state index contributed by atoms with van der Waals surface area (Å²) in [4.78, 5) is 0. The maximum atomic E-state index is 5.23. The molecule has 7 heavy (non-hydrogen) atoms. The third kappa shape index (κ3) is 6.43. The topological polar surface area (TPSA) is 26.0 Å². The minimum atomic E-state index is 0.764. The predicted octanol–water partition coefficient (Wildman–Crippen LogP) is 1.67. The zero-order valence-corrected chi connectivity index (χ0v) is 6.60. The highest BCUT2D eigenvalue weighted by Gasteiger charge is 1.74. The van der Waals surface area contributed by atoms with E-state index < -0.39 is 0 Å². The fourth-order valence-electron chi connectivity index (χ4n) is 0.282. The minimum absolute atomic E-state index is 0.764. The van der Waals surface area contributed by atoms with E-state index in [1.54, 1.807) is 0 Å². The first-order valence-corrected chi connectivity index (χ1v) is 3.37. The standard InChI is InChI=1S/C5H10IN/c1-5(6)3-2-4-7/h3H,2,4,7H2,1H3/b5-3-. The zero-order valence-electron chi connectivity index (χ0n) is 4.45. The summed E-state index contributed by atoms with van der Waals surface area (Å²) < 4.78 is 1.32. The van der Waals surface area contributed by atoms with Crippen molar-refractivity contribution in [3.8, 4) is 0 Å². The van der Waals surface area contributed by atoms with Crippen LogP contribution in [0.4, 0.5) is 0 Å². The lowest BCUT2D eigenvalue weighted by Crippen LogP contribution is -1.95. The second kappa shape index (κ2) is 4.59. The van der Waals surface area contributed by atoms with Gasteiger partial charge < -0.3 is 5.73 Å². The largest absolute Gasteiger partial charge is 0.330 e. The normalized spacial score (nSPS) is 12.1. The van der Waals surface area contributed by atoms with Gasteiger partial charge in [0.1, 0.15) is 0 Å². The SMILES string of the molecule is C/C(I)=C/CCN. The molecule has 1 nitrogen and oxygen atoms in total. The van der Waals surface area contributed by atoms with Gasteiger partial charge in [-0.05, 0) is 46.1 Å². The van der Waals surface area contributed by atoms with Crippen molar-refractivity contribution in [2.45, 2.75) is 13.3 Å². The Morgan fingerprint density at radius 3 is 2.57 bits per heavy atom. The van der Waals surface area contributed by atoms with Crippen LogP contribution in [0.1, 0.15) is 13.3 Å². The van der Waals surface area contributed by atoms with Gasteiger partial charge >= 0.3 is 0 Å². The van der Waals surface area contributed by atoms with E-state index in [4.69, 9.17) is 5.73 Å². The molecule has 0 amide bonds. The van der Waals surface area contributed by atoms with Crippen LogP contribution in [0.5, 0.6) is 0 Å². The number of hydrogen-bond donors (Lipinski definition) is 1. The van der Waals surface area contributed by atoms with Gasteiger partial charge in [0.05, 0.1) is 0 Å². The van der Waals surface area contributed by atoms with E-state index in [1.807, 2.05) is 0 Å². The van der Waals surface area contributed by atoms with Crippen molar-refractivity contribution in [2.75, 3.05) is 6.54 Å². The van der Waals surface area contributed by atoms with Gasteiger partial charge in [-0.15, -0.1) is 0 Å². The first-order chi connectivity index (χ1) is 3.27. The molecule has 0 radical (unpaired) electrons. The summed E-state index contributed by atoms with van der Waals surface area (Å²) in [6.07, 6.45) is 3.13. The van der Waals surface area contributed by atoms with Crippen LogP contribution in [0, 0.1) is 0 Å². The maximum absolute atomic E-state index is 5.23. The average molecular weight is 211 g/mol. The van der Waals surface area contributed by atoms with Crippen LogP contribution in [0.25, 0.3) is 0 Å². The molecule has 0 aromatic rings. The second-order valence-corrected chi connectivity index (χ2v) is 3.07. The van der Waals surface area contributed by atoms with Crippen molar-refractivity contribution < 1.29 is 0 Å². The number of halogens is 1. The second-order valence-electron chi connectivity index (χ2n) is 1.37. The fraction of sp³-hybridized carbons (Fsp3) is 0.600. The highest BCUT2D eigenvalue weighted by atomic mass is 127. The Hall–Kier alpha value is 0.430. The smallest absolute Gasteiger partial charge is 0.00422 e. The minimum Gasteiger partial charge on any atom is -0.330 e. The van der Waals surface area contributed by atoms with Crippen LogP contribution in [0.3, 0.4) is 0 Å². The Balaban J connectivity index is 3.08. The lowest BCUT2D eigenvalue weighted by Gasteiger charge is -1.83. The highest BCUT2D eigenvalue weighted by molar-refractivity contribution is 14.1. The summed E-state index contributed by atoms with van der Waals surface area (Å²) in [7, 11) is 0. The Bertz CT molecular complexity index is 64.5. The molecule has 0 heterocycles. The van der Waals surface area contributed by atoms with Gasteiger partial charge in [0.25, 0.3) is 0 Å². The first kappa shape index (κ1) is 7.43. The van der Waals surface area contributed by atoms with E-state index in [2.05, 4.69) is 35.6 Å². The van der Waals surface area contributed by atoms with Crippen molar-refractivity contribution >= 4 is 22.6 Å². The van der Waals surface area contributed by atoms with E-state index in [9.17, 15) is 0 Å². The molecule has 0 bridgehead atoms. The van der Waals surface area contributed by atoms with E-state index >= 15 is 0 Å². The van der Waals surface area contributed by atoms with Crippen LogP contribution in [0.2, 0.25) is 0 Å². The third-order valence-electron chi connectivity index (χ3n) is 0.592. The van der Waals surface area contributed by atoms with E-state index in [1.165, 1.54) is 3.58 Å². The Morgan fingerprint density at radius 1 is 1.86 bits per heavy atom. The number of allylic oxidation sites excluding steroid dienone is 1. The lowest BCUT2D eigenvalue weighted by molar-refractivity contribution is 1.01. The molecule has 2 heteroatoms. The molecule has 2 N–H and O–H groups in total. The number of hydrogen-bond acceptors (Lipinski definition) is 1. The van der Waals surface area contributed by atoms with E-state index in [-0.39, 0.29) is 0 Å². The summed E-state index contributed by atoms with van der Waals surface area (Å²) >= 11 is 2.27. The summed E-state index contributed by atoms with van der Waals surface area (Å²) in [6.45, 7) is 2.83. The summed E-state index contributed by atoms with van der Waals surface area (Å²) in [5.41, 5.74) is 5.23. The van der Waals surface area contributed by atoms with Crippen LogP contribution >= 0.6 is 22.6 Å². The summed E-state index contributed by atoms with van der Waals surface area (Å²) in [5, 5.41) is 0. The molecule has 0 fully saturated rings. The monoisotopic (exact) mass is 211 g/mol. The molecule has 0 aromatic carbocycles. The quantitative estimate of drug-likeness (QED) is 0.690. The molecule has 0 aliphatic rings. The molecule has 0 saturated heterocycles. The van der Waals surface area contributed by atoms with Crippen molar-refractivity contribution in [1.82, 2.24) is 0 Å². The Morgan fingerprint density at radius 2 is 2.43 bits per heavy atom. The Kier molecular flexibility index (Phi) is 4.87. The van der Waals surface area contributed by atoms with Crippen LogP contribution in [-0.2, 0) is 0 Å². The van der Waals surface area contributed by atoms with Gasteiger partial charge in [-0.2, -0.15) is 0 Å². The molecule has 0 rings (SSSR count). The molecular formula is C5H10IN. The molecule has 0 aliphatic carbocycles. The molecule has 0 unspecified atom stereocenters. The van der Waals surface area contributed by atoms with Gasteiger partial charge in [-0.25, -0.2) is 0 Å². The zero-order chi connectivity index (χ0) is 5.70. The number of nitrogens with two attached hydrogens (primary N) is 1. The average Bonchev–Trinajstić information content (AvgIpc) is 1.61. The third-order valence-corrected chi connectivity index (χ3v) is 1.03. The summed E-state index contributed by atoms with van der Waals surface area (Å²) in [5.74, 6) is 0. The van der Waals surface area contributed by atoms with Gasteiger partial charge in [-0.1, -0.05) is 6.08 Å². The van der Waals surface area contributed by atoms with Crippen molar-refractivity contribution in [2.24, 2.45) is 5.73 Å². The molecule has 0 aromatic heterocycles. The molecular weight excluding hydrogens is 201 g/mol. The predicted molar refractivity (Wildman–Crippen MR) is 41.4 cm³/mol. The van der Waals surface area contributed by atoms with Crippen molar-refractivity contribution in [3.63, 3.8) is 0 Å². The maximum Gasteiger partial charge on any atom is -0.00422 e. The Labute approximate surface area is 58.1 Å². The number of rotatable bonds is 2. The van der Waals surface area contributed by atoms with E-state index in [0.717, 1.165) is 13.0 Å². The molecule has 0 atom stereocenters. The fourth-order valence-corrected chi connectivity index (χ4v) is 0.594. The van der Waals surface area contributed by atoms with Crippen LogP contribution in [0.15, 0.2) is 9.66 Å². The van der Waals surface area contributed by atoms with Gasteiger partial charge in [0, 0.05) is 0 Å². The van der Waals surface area contributed by atoms with Crippen molar-refractivity contribution in [1.29, 1.82) is 0 Å². The molecule has 0 aliphatic heterocycles. The van der Waals surface area contributed by atoms with E-state index in [0.29, 0.717) is 0 Å². The van der Waals surface area contributed by atoms with Crippen molar-refractivity contribution in [3.05, 3.63) is 9.66 Å². The van der Waals surface area contributed by atoms with Gasteiger partial charge in [0.15, 0.2) is 0 Å². The van der Waals surface area contributed by atoms with Crippen LogP contribution in [-0.4, -0.2) is 6.54 Å². The van der Waals surface area contributed by atoms with Gasteiger partial charge in [-0.3, -0.25) is 0 Å². The lowest BCUT2D eigenvalue weighted by atomic mass is 10.4. The molecule has 0 saturated carbocycles. The van der Waals surface area contributed by atoms with Gasteiger partial charge in [0.2, 0.25) is 0 Å². The van der Waals surface area contributed by atoms with Crippen LogP contribution < -0.4 is 5.73 Å². The molecule has 0 spiro atoms.